The molecule has 1 saturated heterocycles. The highest BCUT2D eigenvalue weighted by Crippen LogP contribution is 2.17. The third-order valence-corrected chi connectivity index (χ3v) is 5.51. The molecule has 26 heavy (non-hydrogen) atoms. The lowest BCUT2D eigenvalue weighted by Gasteiger charge is -2.16. The average molecular weight is 363 g/mol. The third kappa shape index (κ3) is 7.75. The molecule has 4 N–H and O–H groups in total. The molecule has 4 nitrogen and oxygen atoms in total. The van der Waals surface area contributed by atoms with Crippen molar-refractivity contribution in [2.24, 2.45) is 5.73 Å². The number of unbranched alkanes of at least 4 members (excludes halogenated alkanes) is 7. The number of benzene rings is 1. The van der Waals surface area contributed by atoms with Crippen LogP contribution in [-0.2, 0) is 4.74 Å². The Hall–Kier alpha value is -0.940. The zero-order valence-electron chi connectivity index (χ0n) is 16.4. The van der Waals surface area contributed by atoms with Crippen molar-refractivity contribution in [1.82, 2.24) is 5.32 Å². The molecule has 1 fully saturated rings. The first-order valence-corrected chi connectivity index (χ1v) is 10.5. The molecule has 0 saturated carbocycles. The molecule has 1 unspecified atom stereocenters. The summed E-state index contributed by atoms with van der Waals surface area (Å²) in [6.45, 7) is 3.73. The standard InChI is InChI=1S/C22H38N2O2/c1-18(19-13-9-8-10-14-19)26-16-12-7-5-3-2-4-6-11-15-21-22(25)20(23)17-24-21/h8-10,13-14,18,20-22,24-25H,2-7,11-12,15-17,23H2,1H3/t18?,20-,21+,22-/m0/s1. The minimum Gasteiger partial charge on any atom is -0.390 e. The minimum absolute atomic E-state index is 0.0836. The van der Waals surface area contributed by atoms with Crippen LogP contribution in [0.25, 0.3) is 0 Å². The summed E-state index contributed by atoms with van der Waals surface area (Å²) in [5, 5.41) is 13.2. The van der Waals surface area contributed by atoms with Crippen LogP contribution in [-0.4, -0.2) is 36.4 Å². The molecule has 0 radical (unpaired) electrons. The summed E-state index contributed by atoms with van der Waals surface area (Å²) in [7, 11) is 0. The summed E-state index contributed by atoms with van der Waals surface area (Å²) in [6.07, 6.45) is 11.0. The maximum absolute atomic E-state index is 9.90. The largest absolute Gasteiger partial charge is 0.390 e. The van der Waals surface area contributed by atoms with Gasteiger partial charge in [0.2, 0.25) is 0 Å². The van der Waals surface area contributed by atoms with E-state index in [0.717, 1.165) is 26.0 Å². The van der Waals surface area contributed by atoms with Crippen molar-refractivity contribution in [2.75, 3.05) is 13.2 Å². The van der Waals surface area contributed by atoms with Gasteiger partial charge in [-0.1, -0.05) is 75.3 Å². The van der Waals surface area contributed by atoms with Gasteiger partial charge in [0.1, 0.15) is 0 Å². The highest BCUT2D eigenvalue weighted by molar-refractivity contribution is 5.16. The fourth-order valence-electron chi connectivity index (χ4n) is 3.71. The lowest BCUT2D eigenvalue weighted by molar-refractivity contribution is 0.0627. The second-order valence-electron chi connectivity index (χ2n) is 7.71. The molecule has 0 bridgehead atoms. The lowest BCUT2D eigenvalue weighted by atomic mass is 10.0. The Morgan fingerprint density at radius 3 is 2.27 bits per heavy atom. The van der Waals surface area contributed by atoms with E-state index in [4.69, 9.17) is 10.5 Å². The number of ether oxygens (including phenoxy) is 1. The smallest absolute Gasteiger partial charge is 0.0856 e. The van der Waals surface area contributed by atoms with Gasteiger partial charge in [0.25, 0.3) is 0 Å². The fraction of sp³-hybridized carbons (Fsp3) is 0.727. The molecule has 1 aliphatic rings. The van der Waals surface area contributed by atoms with E-state index in [-0.39, 0.29) is 24.3 Å². The van der Waals surface area contributed by atoms with E-state index >= 15 is 0 Å². The van der Waals surface area contributed by atoms with Gasteiger partial charge in [0.05, 0.1) is 12.2 Å². The van der Waals surface area contributed by atoms with Crippen LogP contribution < -0.4 is 11.1 Å². The molecule has 0 aromatic heterocycles. The Labute approximate surface area is 159 Å². The van der Waals surface area contributed by atoms with Gasteiger partial charge in [0.15, 0.2) is 0 Å². The van der Waals surface area contributed by atoms with Crippen LogP contribution in [0.4, 0.5) is 0 Å². The van der Waals surface area contributed by atoms with Crippen molar-refractivity contribution in [2.45, 2.75) is 89.0 Å². The molecular weight excluding hydrogens is 324 g/mol. The van der Waals surface area contributed by atoms with Crippen molar-refractivity contribution in [1.29, 1.82) is 0 Å². The van der Waals surface area contributed by atoms with Gasteiger partial charge in [-0.05, 0) is 25.3 Å². The molecule has 0 aliphatic carbocycles. The molecule has 0 amide bonds. The summed E-state index contributed by atoms with van der Waals surface area (Å²) in [4.78, 5) is 0. The van der Waals surface area contributed by atoms with Gasteiger partial charge >= 0.3 is 0 Å². The van der Waals surface area contributed by atoms with Gasteiger partial charge < -0.3 is 20.9 Å². The molecule has 148 valence electrons. The maximum Gasteiger partial charge on any atom is 0.0856 e. The SMILES string of the molecule is CC(OCCCCCCCCCC[C@H]1NC[C@H](N)[C@@H]1O)c1ccccc1. The summed E-state index contributed by atoms with van der Waals surface area (Å²) in [5.41, 5.74) is 7.07. The minimum atomic E-state index is -0.359. The fourth-order valence-corrected chi connectivity index (χ4v) is 3.71. The number of nitrogens with one attached hydrogen (secondary N) is 1. The first-order chi connectivity index (χ1) is 12.7. The predicted octanol–water partition coefficient (Wildman–Crippen LogP) is 3.94. The molecule has 4 atom stereocenters. The van der Waals surface area contributed by atoms with E-state index in [0.29, 0.717) is 0 Å². The average Bonchev–Trinajstić information content (AvgIpc) is 2.98. The third-order valence-electron chi connectivity index (χ3n) is 5.51. The molecule has 1 heterocycles. The molecule has 2 rings (SSSR count). The first kappa shape index (κ1) is 21.4. The number of hydrogen-bond donors (Lipinski definition) is 3. The second kappa shape index (κ2) is 12.4. The molecule has 1 aromatic carbocycles. The van der Waals surface area contributed by atoms with Crippen LogP contribution in [0.5, 0.6) is 0 Å². The molecule has 1 aliphatic heterocycles. The summed E-state index contributed by atoms with van der Waals surface area (Å²) in [6, 6.07) is 10.6. The van der Waals surface area contributed by atoms with Crippen LogP contribution >= 0.6 is 0 Å². The van der Waals surface area contributed by atoms with Crippen molar-refractivity contribution in [3.63, 3.8) is 0 Å². The molecular formula is C22H38N2O2. The van der Waals surface area contributed by atoms with Crippen LogP contribution in [0.2, 0.25) is 0 Å². The highest BCUT2D eigenvalue weighted by atomic mass is 16.5. The van der Waals surface area contributed by atoms with E-state index < -0.39 is 0 Å². The van der Waals surface area contributed by atoms with E-state index in [1.54, 1.807) is 0 Å². The van der Waals surface area contributed by atoms with E-state index in [9.17, 15) is 5.11 Å². The number of rotatable bonds is 13. The summed E-state index contributed by atoms with van der Waals surface area (Å²) in [5.74, 6) is 0. The number of nitrogens with two attached hydrogens (primary N) is 1. The quantitative estimate of drug-likeness (QED) is 0.465. The van der Waals surface area contributed by atoms with Gasteiger partial charge in [-0.3, -0.25) is 0 Å². The number of aliphatic hydroxyl groups excluding tert-OH is 1. The highest BCUT2D eigenvalue weighted by Gasteiger charge is 2.30. The van der Waals surface area contributed by atoms with Crippen LogP contribution in [0.15, 0.2) is 30.3 Å². The van der Waals surface area contributed by atoms with Crippen molar-refractivity contribution in [3.8, 4) is 0 Å². The van der Waals surface area contributed by atoms with Crippen molar-refractivity contribution >= 4 is 0 Å². The van der Waals surface area contributed by atoms with Gasteiger partial charge in [-0.2, -0.15) is 0 Å². The maximum atomic E-state index is 9.90. The summed E-state index contributed by atoms with van der Waals surface area (Å²) >= 11 is 0. The van der Waals surface area contributed by atoms with Gasteiger partial charge in [-0.25, -0.2) is 0 Å². The zero-order valence-corrected chi connectivity index (χ0v) is 16.4. The van der Waals surface area contributed by atoms with Crippen LogP contribution in [0.1, 0.15) is 76.4 Å². The van der Waals surface area contributed by atoms with E-state index in [2.05, 4.69) is 36.5 Å². The second-order valence-corrected chi connectivity index (χ2v) is 7.71. The summed E-state index contributed by atoms with van der Waals surface area (Å²) < 4.78 is 5.92. The van der Waals surface area contributed by atoms with Gasteiger partial charge in [0, 0.05) is 25.2 Å². The molecule has 4 heteroatoms. The molecule has 0 spiro atoms. The normalized spacial score (nSPS) is 24.0. The Kier molecular flexibility index (Phi) is 10.2. The van der Waals surface area contributed by atoms with Crippen molar-refractivity contribution < 1.29 is 9.84 Å². The van der Waals surface area contributed by atoms with Crippen LogP contribution in [0.3, 0.4) is 0 Å². The zero-order chi connectivity index (χ0) is 18.6. The predicted molar refractivity (Wildman–Crippen MR) is 108 cm³/mol. The number of hydrogen-bond acceptors (Lipinski definition) is 4. The lowest BCUT2D eigenvalue weighted by Crippen LogP contribution is -2.37. The number of aliphatic hydroxyl groups is 1. The topological polar surface area (TPSA) is 67.5 Å². The first-order valence-electron chi connectivity index (χ1n) is 10.5. The van der Waals surface area contributed by atoms with Crippen LogP contribution in [0, 0.1) is 0 Å². The Bertz CT molecular complexity index is 468. The Morgan fingerprint density at radius 1 is 1.04 bits per heavy atom. The van der Waals surface area contributed by atoms with Gasteiger partial charge in [-0.15, -0.1) is 0 Å². The van der Waals surface area contributed by atoms with E-state index in [1.807, 2.05) is 6.07 Å². The Balaban J connectivity index is 1.35. The Morgan fingerprint density at radius 2 is 1.65 bits per heavy atom. The monoisotopic (exact) mass is 362 g/mol. The van der Waals surface area contributed by atoms with E-state index in [1.165, 1.54) is 50.5 Å². The van der Waals surface area contributed by atoms with Crippen molar-refractivity contribution in [3.05, 3.63) is 35.9 Å². The molecule has 1 aromatic rings.